The van der Waals surface area contributed by atoms with Gasteiger partial charge in [0.2, 0.25) is 5.91 Å². The van der Waals surface area contributed by atoms with Crippen molar-refractivity contribution in [2.45, 2.75) is 37.5 Å². The van der Waals surface area contributed by atoms with Gasteiger partial charge in [0.15, 0.2) is 9.84 Å². The number of carbonyl (C=O) groups excluding carboxylic acids is 1. The fourth-order valence-corrected chi connectivity index (χ4v) is 4.60. The third kappa shape index (κ3) is 5.27. The highest BCUT2D eigenvalue weighted by Gasteiger charge is 2.22. The molecule has 1 saturated carbocycles. The third-order valence-corrected chi connectivity index (χ3v) is 5.76. The molecule has 1 aliphatic rings. The Morgan fingerprint density at radius 1 is 1.33 bits per heavy atom. The summed E-state index contributed by atoms with van der Waals surface area (Å²) >= 11 is 9.28. The summed E-state index contributed by atoms with van der Waals surface area (Å²) in [6.07, 6.45) is 4.05. The molecule has 0 atom stereocenters. The predicted molar refractivity (Wildman–Crippen MR) is 87.0 cm³/mol. The maximum atomic E-state index is 12.1. The molecule has 0 aromatic heterocycles. The van der Waals surface area contributed by atoms with E-state index in [0.29, 0.717) is 10.6 Å². The van der Waals surface area contributed by atoms with E-state index in [1.807, 2.05) is 0 Å². The summed E-state index contributed by atoms with van der Waals surface area (Å²) in [5.74, 6) is -1.14. The van der Waals surface area contributed by atoms with E-state index in [0.717, 1.165) is 30.2 Å². The van der Waals surface area contributed by atoms with Crippen LogP contribution in [0.1, 0.15) is 31.2 Å². The van der Waals surface area contributed by atoms with E-state index in [9.17, 15) is 13.2 Å². The largest absolute Gasteiger partial charge is 0.352 e. The molecule has 0 bridgehead atoms. The number of halogens is 2. The predicted octanol–water partition coefficient (Wildman–Crippen LogP) is 3.08. The number of hydrogen-bond acceptors (Lipinski definition) is 3. The molecule has 0 radical (unpaired) electrons. The number of nitrogens with one attached hydrogen (secondary N) is 1. The first-order chi connectivity index (χ1) is 9.85. The van der Waals surface area contributed by atoms with Gasteiger partial charge in [-0.05, 0) is 30.5 Å². The summed E-state index contributed by atoms with van der Waals surface area (Å²) < 4.78 is 25.0. The van der Waals surface area contributed by atoms with Crippen LogP contribution in [-0.2, 0) is 20.4 Å². The van der Waals surface area contributed by atoms with Crippen molar-refractivity contribution in [2.75, 3.05) is 5.75 Å². The summed E-state index contributed by atoms with van der Waals surface area (Å²) in [4.78, 5) is 11.8. The summed E-state index contributed by atoms with van der Waals surface area (Å²) in [5.41, 5.74) is 0.508. The molecular weight excluding hydrogens is 378 g/mol. The smallest absolute Gasteiger partial charge is 0.235 e. The van der Waals surface area contributed by atoms with E-state index in [-0.39, 0.29) is 11.8 Å². The average Bonchev–Trinajstić information content (AvgIpc) is 2.84. The van der Waals surface area contributed by atoms with Crippen LogP contribution in [-0.4, -0.2) is 26.1 Å². The van der Waals surface area contributed by atoms with Crippen molar-refractivity contribution >= 4 is 43.3 Å². The number of carbonyl (C=O) groups is 1. The monoisotopic (exact) mass is 393 g/mol. The van der Waals surface area contributed by atoms with Gasteiger partial charge in [-0.15, -0.1) is 0 Å². The van der Waals surface area contributed by atoms with Gasteiger partial charge in [-0.3, -0.25) is 4.79 Å². The molecule has 116 valence electrons. The van der Waals surface area contributed by atoms with Gasteiger partial charge >= 0.3 is 0 Å². The lowest BCUT2D eigenvalue weighted by Crippen LogP contribution is -2.37. The maximum Gasteiger partial charge on any atom is 0.235 e. The fourth-order valence-electron chi connectivity index (χ4n) is 2.47. The summed E-state index contributed by atoms with van der Waals surface area (Å²) in [6, 6.07) is 5.16. The Bertz CT molecular complexity index is 627. The second kappa shape index (κ2) is 7.11. The van der Waals surface area contributed by atoms with E-state index >= 15 is 0 Å². The van der Waals surface area contributed by atoms with Crippen LogP contribution in [0.15, 0.2) is 22.7 Å². The lowest BCUT2D eigenvalue weighted by Gasteiger charge is -2.12. The molecule has 4 nitrogen and oxygen atoms in total. The average molecular weight is 395 g/mol. The van der Waals surface area contributed by atoms with Crippen molar-refractivity contribution in [3.63, 3.8) is 0 Å². The van der Waals surface area contributed by atoms with Crippen LogP contribution < -0.4 is 5.32 Å². The fraction of sp³-hybridized carbons (Fsp3) is 0.500. The Hall–Kier alpha value is -0.590. The highest BCUT2D eigenvalue weighted by Crippen LogP contribution is 2.23. The Morgan fingerprint density at radius 2 is 2.00 bits per heavy atom. The summed E-state index contributed by atoms with van der Waals surface area (Å²) in [7, 11) is -3.52. The Labute approximate surface area is 138 Å². The second-order valence-electron chi connectivity index (χ2n) is 5.32. The van der Waals surface area contributed by atoms with Crippen LogP contribution in [0.4, 0.5) is 0 Å². The zero-order valence-electron chi connectivity index (χ0n) is 11.4. The molecule has 1 amide bonds. The molecule has 1 N–H and O–H groups in total. The molecule has 1 aliphatic carbocycles. The van der Waals surface area contributed by atoms with Crippen LogP contribution in [0, 0.1) is 0 Å². The van der Waals surface area contributed by atoms with Crippen molar-refractivity contribution in [3.05, 3.63) is 33.3 Å². The minimum Gasteiger partial charge on any atom is -0.352 e. The Morgan fingerprint density at radius 3 is 2.62 bits per heavy atom. The van der Waals surface area contributed by atoms with Crippen molar-refractivity contribution in [3.8, 4) is 0 Å². The molecule has 7 heteroatoms. The van der Waals surface area contributed by atoms with Crippen molar-refractivity contribution < 1.29 is 13.2 Å². The zero-order chi connectivity index (χ0) is 15.5. The summed E-state index contributed by atoms with van der Waals surface area (Å²) in [5, 5.41) is 3.16. The molecule has 1 aromatic carbocycles. The minimum absolute atomic E-state index is 0.129. The number of rotatable bonds is 5. The standard InChI is InChI=1S/C14H17BrClNO3S/c15-11-6-5-10(13(16)7-11)8-21(19,20)9-14(18)17-12-3-1-2-4-12/h5-7,12H,1-4,8-9H2,(H,17,18). The van der Waals surface area contributed by atoms with E-state index in [1.165, 1.54) is 0 Å². The normalized spacial score (nSPS) is 16.1. The van der Waals surface area contributed by atoms with E-state index < -0.39 is 21.5 Å². The highest BCUT2D eigenvalue weighted by atomic mass is 79.9. The number of sulfone groups is 1. The Balaban J connectivity index is 1.96. The van der Waals surface area contributed by atoms with Crippen molar-refractivity contribution in [1.82, 2.24) is 5.32 Å². The lowest BCUT2D eigenvalue weighted by molar-refractivity contribution is -0.119. The molecular formula is C14H17BrClNO3S. The van der Waals surface area contributed by atoms with Gasteiger partial charge < -0.3 is 5.32 Å². The van der Waals surface area contributed by atoms with Gasteiger partial charge in [0.25, 0.3) is 0 Å². The number of benzene rings is 1. The molecule has 2 rings (SSSR count). The first-order valence-corrected chi connectivity index (χ1v) is 9.79. The van der Waals surface area contributed by atoms with Crippen LogP contribution >= 0.6 is 27.5 Å². The van der Waals surface area contributed by atoms with Gasteiger partial charge in [0.05, 0.1) is 5.75 Å². The molecule has 0 saturated heterocycles. The van der Waals surface area contributed by atoms with E-state index in [1.54, 1.807) is 18.2 Å². The van der Waals surface area contributed by atoms with Gasteiger partial charge in [-0.25, -0.2) is 8.42 Å². The molecule has 0 unspecified atom stereocenters. The second-order valence-corrected chi connectivity index (χ2v) is 8.70. The van der Waals surface area contributed by atoms with Gasteiger partial charge in [0, 0.05) is 15.5 Å². The third-order valence-electron chi connectivity index (χ3n) is 3.46. The quantitative estimate of drug-likeness (QED) is 0.835. The molecule has 0 heterocycles. The molecule has 0 aliphatic heterocycles. The van der Waals surface area contributed by atoms with E-state index in [2.05, 4.69) is 21.2 Å². The van der Waals surface area contributed by atoms with Gasteiger partial charge in [-0.1, -0.05) is 46.4 Å². The first kappa shape index (κ1) is 16.8. The van der Waals surface area contributed by atoms with Crippen LogP contribution in [0.2, 0.25) is 5.02 Å². The van der Waals surface area contributed by atoms with Crippen LogP contribution in [0.5, 0.6) is 0 Å². The van der Waals surface area contributed by atoms with Gasteiger partial charge in [-0.2, -0.15) is 0 Å². The maximum absolute atomic E-state index is 12.1. The summed E-state index contributed by atoms with van der Waals surface area (Å²) in [6.45, 7) is 0. The molecule has 1 aromatic rings. The van der Waals surface area contributed by atoms with Crippen molar-refractivity contribution in [1.29, 1.82) is 0 Å². The van der Waals surface area contributed by atoms with Gasteiger partial charge in [0.1, 0.15) is 5.75 Å². The first-order valence-electron chi connectivity index (χ1n) is 6.79. The van der Waals surface area contributed by atoms with Crippen LogP contribution in [0.3, 0.4) is 0 Å². The van der Waals surface area contributed by atoms with E-state index in [4.69, 9.17) is 11.6 Å². The topological polar surface area (TPSA) is 63.2 Å². The SMILES string of the molecule is O=C(CS(=O)(=O)Cc1ccc(Br)cc1Cl)NC1CCCC1. The number of hydrogen-bond donors (Lipinski definition) is 1. The lowest BCUT2D eigenvalue weighted by atomic mass is 10.2. The Kier molecular flexibility index (Phi) is 5.68. The highest BCUT2D eigenvalue weighted by molar-refractivity contribution is 9.10. The number of amides is 1. The van der Waals surface area contributed by atoms with Crippen LogP contribution in [0.25, 0.3) is 0 Å². The van der Waals surface area contributed by atoms with Crippen molar-refractivity contribution in [2.24, 2.45) is 0 Å². The molecule has 1 fully saturated rings. The minimum atomic E-state index is -3.52. The molecule has 21 heavy (non-hydrogen) atoms. The zero-order valence-corrected chi connectivity index (χ0v) is 14.6. The molecule has 0 spiro atoms.